The van der Waals surface area contributed by atoms with Crippen LogP contribution in [-0.4, -0.2) is 50.3 Å². The molecule has 2 amide bonds. The highest BCUT2D eigenvalue weighted by Gasteiger charge is 2.29. The molecule has 1 aliphatic heterocycles. The Morgan fingerprint density at radius 1 is 1.20 bits per heavy atom. The lowest BCUT2D eigenvalue weighted by molar-refractivity contribution is 0.0297. The first-order valence-corrected chi connectivity index (χ1v) is 12.4. The van der Waals surface area contributed by atoms with Crippen molar-refractivity contribution >= 4 is 44.4 Å². The van der Waals surface area contributed by atoms with Gasteiger partial charge in [0, 0.05) is 35.9 Å². The molecule has 3 aromatic heterocycles. The molecular formula is C25H23FN4O4S. The zero-order valence-electron chi connectivity index (χ0n) is 19.0. The fourth-order valence-electron chi connectivity index (χ4n) is 4.52. The quantitative estimate of drug-likeness (QED) is 0.426. The maximum absolute atomic E-state index is 15.5. The SMILES string of the molecule is Cc1cc2c(F)c(Oc3ccnc4cc(C(=O)N5CCCC5O)sc34)ccc2n1C(=O)NC1CC1. The summed E-state index contributed by atoms with van der Waals surface area (Å²) in [7, 11) is 0. The minimum absolute atomic E-state index is 0.0148. The van der Waals surface area contributed by atoms with E-state index in [0.29, 0.717) is 50.4 Å². The molecule has 10 heteroatoms. The number of ether oxygens (including phenoxy) is 1. The lowest BCUT2D eigenvalue weighted by atomic mass is 10.2. The van der Waals surface area contributed by atoms with Crippen molar-refractivity contribution in [2.24, 2.45) is 0 Å². The Morgan fingerprint density at radius 3 is 2.77 bits per heavy atom. The lowest BCUT2D eigenvalue weighted by Crippen LogP contribution is -2.34. The predicted octanol–water partition coefficient (Wildman–Crippen LogP) is 4.77. The van der Waals surface area contributed by atoms with Crippen molar-refractivity contribution in [3.8, 4) is 11.5 Å². The summed E-state index contributed by atoms with van der Waals surface area (Å²) in [4.78, 5) is 31.7. The van der Waals surface area contributed by atoms with Gasteiger partial charge < -0.3 is 20.1 Å². The molecule has 0 radical (unpaired) electrons. The zero-order valence-corrected chi connectivity index (χ0v) is 19.8. The molecule has 2 aliphatic rings. The molecule has 0 bridgehead atoms. The fourth-order valence-corrected chi connectivity index (χ4v) is 5.54. The Morgan fingerprint density at radius 2 is 2.03 bits per heavy atom. The number of fused-ring (bicyclic) bond motifs is 2. The van der Waals surface area contributed by atoms with Gasteiger partial charge in [-0.3, -0.25) is 14.3 Å². The van der Waals surface area contributed by atoms with Crippen molar-refractivity contribution in [1.82, 2.24) is 19.8 Å². The van der Waals surface area contributed by atoms with E-state index in [2.05, 4.69) is 10.3 Å². The normalized spacial score (nSPS) is 17.9. The number of aliphatic hydroxyl groups is 1. The Balaban J connectivity index is 1.33. The highest BCUT2D eigenvalue weighted by Crippen LogP contribution is 2.38. The second kappa shape index (κ2) is 8.31. The van der Waals surface area contributed by atoms with E-state index in [4.69, 9.17) is 4.74 Å². The third kappa shape index (κ3) is 3.82. The van der Waals surface area contributed by atoms with Crippen LogP contribution in [-0.2, 0) is 0 Å². The Bertz CT molecular complexity index is 1490. The van der Waals surface area contributed by atoms with Gasteiger partial charge in [-0.05, 0) is 56.9 Å². The summed E-state index contributed by atoms with van der Waals surface area (Å²) in [6, 6.07) is 8.03. The van der Waals surface area contributed by atoms with Gasteiger partial charge >= 0.3 is 6.03 Å². The third-order valence-corrected chi connectivity index (χ3v) is 7.59. The molecule has 1 atom stereocenters. The zero-order chi connectivity index (χ0) is 24.3. The van der Waals surface area contributed by atoms with Crippen LogP contribution in [0.1, 0.15) is 41.0 Å². The number of carbonyl (C=O) groups is 2. The number of halogens is 1. The molecule has 1 aromatic carbocycles. The molecule has 1 saturated heterocycles. The van der Waals surface area contributed by atoms with E-state index in [1.807, 2.05) is 0 Å². The van der Waals surface area contributed by atoms with Crippen LogP contribution >= 0.6 is 11.3 Å². The summed E-state index contributed by atoms with van der Waals surface area (Å²) < 4.78 is 23.6. The van der Waals surface area contributed by atoms with Crippen molar-refractivity contribution in [1.29, 1.82) is 0 Å². The number of pyridine rings is 1. The molecule has 1 unspecified atom stereocenters. The number of aryl methyl sites for hydroxylation is 1. The average Bonchev–Trinajstić information content (AvgIpc) is 3.22. The first kappa shape index (κ1) is 22.0. The molecule has 35 heavy (non-hydrogen) atoms. The number of aliphatic hydroxyl groups excluding tert-OH is 1. The van der Waals surface area contributed by atoms with Gasteiger partial charge in [0.1, 0.15) is 12.0 Å². The van der Waals surface area contributed by atoms with Gasteiger partial charge in [0.05, 0.1) is 20.6 Å². The summed E-state index contributed by atoms with van der Waals surface area (Å²) in [5.74, 6) is -0.428. The number of likely N-dealkylation sites (tertiary alicyclic amines) is 1. The number of aromatic nitrogens is 2. The van der Waals surface area contributed by atoms with Crippen LogP contribution in [0.3, 0.4) is 0 Å². The molecule has 180 valence electrons. The Hall–Kier alpha value is -3.50. The summed E-state index contributed by atoms with van der Waals surface area (Å²) in [6.45, 7) is 2.27. The lowest BCUT2D eigenvalue weighted by Gasteiger charge is -2.18. The number of hydrogen-bond acceptors (Lipinski definition) is 6. The summed E-state index contributed by atoms with van der Waals surface area (Å²) in [6.07, 6.45) is 4.02. The number of carbonyl (C=O) groups excluding carboxylic acids is 2. The van der Waals surface area contributed by atoms with Gasteiger partial charge in [0.2, 0.25) is 0 Å². The highest BCUT2D eigenvalue weighted by molar-refractivity contribution is 7.21. The van der Waals surface area contributed by atoms with Crippen molar-refractivity contribution in [2.75, 3.05) is 6.54 Å². The molecule has 6 rings (SSSR count). The van der Waals surface area contributed by atoms with E-state index in [-0.39, 0.29) is 23.7 Å². The first-order valence-electron chi connectivity index (χ1n) is 11.6. The number of benzene rings is 1. The summed E-state index contributed by atoms with van der Waals surface area (Å²) >= 11 is 1.20. The number of hydrogen-bond donors (Lipinski definition) is 2. The smallest absolute Gasteiger partial charge is 0.326 e. The molecule has 4 heterocycles. The Labute approximate surface area is 203 Å². The largest absolute Gasteiger partial charge is 0.453 e. The van der Waals surface area contributed by atoms with E-state index >= 15 is 4.39 Å². The van der Waals surface area contributed by atoms with Crippen LogP contribution in [0.25, 0.3) is 21.1 Å². The van der Waals surface area contributed by atoms with Crippen molar-refractivity contribution in [3.05, 3.63) is 52.9 Å². The molecule has 1 aliphatic carbocycles. The van der Waals surface area contributed by atoms with Gasteiger partial charge in [0.15, 0.2) is 11.6 Å². The summed E-state index contributed by atoms with van der Waals surface area (Å²) in [5, 5.41) is 13.3. The van der Waals surface area contributed by atoms with Crippen LogP contribution < -0.4 is 10.1 Å². The Kier molecular flexibility index (Phi) is 5.23. The standard InChI is InChI=1S/C25H23FN4O4S/c1-13-11-15-17(30(13)25(33)28-14-4-5-14)6-7-18(22(15)26)34-19-8-9-27-16-12-20(35-23(16)19)24(32)29-10-2-3-21(29)31/h6-9,11-12,14,21,31H,2-5,10H2,1H3,(H,28,33). The average molecular weight is 495 g/mol. The van der Waals surface area contributed by atoms with Gasteiger partial charge in [0.25, 0.3) is 5.91 Å². The first-order chi connectivity index (χ1) is 16.9. The van der Waals surface area contributed by atoms with Gasteiger partial charge in [-0.25, -0.2) is 9.18 Å². The minimum atomic E-state index is -0.778. The van der Waals surface area contributed by atoms with Crippen LogP contribution in [0.15, 0.2) is 36.5 Å². The van der Waals surface area contributed by atoms with Crippen molar-refractivity contribution in [3.63, 3.8) is 0 Å². The number of amides is 2. The maximum atomic E-state index is 15.5. The van der Waals surface area contributed by atoms with E-state index in [1.54, 1.807) is 37.4 Å². The predicted molar refractivity (Wildman–Crippen MR) is 130 cm³/mol. The monoisotopic (exact) mass is 494 g/mol. The van der Waals surface area contributed by atoms with Crippen LogP contribution in [0.5, 0.6) is 11.5 Å². The third-order valence-electron chi connectivity index (χ3n) is 6.46. The molecular weight excluding hydrogens is 471 g/mol. The maximum Gasteiger partial charge on any atom is 0.326 e. The van der Waals surface area contributed by atoms with E-state index in [1.165, 1.54) is 26.9 Å². The number of thiophene rings is 1. The van der Waals surface area contributed by atoms with Crippen LogP contribution in [0.2, 0.25) is 0 Å². The van der Waals surface area contributed by atoms with Crippen molar-refractivity contribution in [2.45, 2.75) is 44.9 Å². The highest BCUT2D eigenvalue weighted by atomic mass is 32.1. The van der Waals surface area contributed by atoms with E-state index < -0.39 is 12.0 Å². The minimum Gasteiger partial charge on any atom is -0.453 e. The second-order valence-electron chi connectivity index (χ2n) is 9.01. The number of rotatable bonds is 4. The van der Waals surface area contributed by atoms with Gasteiger partial charge in [-0.2, -0.15) is 0 Å². The number of nitrogens with zero attached hydrogens (tertiary/aromatic N) is 3. The molecule has 2 N–H and O–H groups in total. The van der Waals surface area contributed by atoms with E-state index in [9.17, 15) is 14.7 Å². The topological polar surface area (TPSA) is 96.7 Å². The van der Waals surface area contributed by atoms with Crippen molar-refractivity contribution < 1.29 is 23.8 Å². The van der Waals surface area contributed by atoms with E-state index in [0.717, 1.165) is 19.3 Å². The molecule has 4 aromatic rings. The molecule has 2 fully saturated rings. The van der Waals surface area contributed by atoms with Gasteiger partial charge in [-0.15, -0.1) is 11.3 Å². The molecule has 8 nitrogen and oxygen atoms in total. The molecule has 1 saturated carbocycles. The fraction of sp³-hybridized carbons (Fsp3) is 0.320. The summed E-state index contributed by atoms with van der Waals surface area (Å²) in [5.41, 5.74) is 1.66. The van der Waals surface area contributed by atoms with Gasteiger partial charge in [-0.1, -0.05) is 0 Å². The molecule has 0 spiro atoms. The number of nitrogens with one attached hydrogen (secondary N) is 1. The van der Waals surface area contributed by atoms with Crippen LogP contribution in [0, 0.1) is 12.7 Å². The van der Waals surface area contributed by atoms with Crippen LogP contribution in [0.4, 0.5) is 9.18 Å². The second-order valence-corrected chi connectivity index (χ2v) is 10.1.